The lowest BCUT2D eigenvalue weighted by Gasteiger charge is -2.22. The molecule has 0 aromatic heterocycles. The second-order valence-electron chi connectivity index (χ2n) is 2.57. The Kier molecular flexibility index (Phi) is 1.64. The third-order valence-electron chi connectivity index (χ3n) is 1.71. The SMILES string of the molecule is F[C@H]1CC(F)(F)C(F)(F)C1(F)F. The molecule has 1 aliphatic carbocycles. The summed E-state index contributed by atoms with van der Waals surface area (Å²) < 4.78 is 84.0. The molecule has 0 bridgehead atoms. The Morgan fingerprint density at radius 2 is 1.33 bits per heavy atom. The van der Waals surface area contributed by atoms with Crippen molar-refractivity contribution in [3.05, 3.63) is 0 Å². The monoisotopic (exact) mass is 196 g/mol. The Labute approximate surface area is 62.4 Å². The van der Waals surface area contributed by atoms with E-state index in [0.29, 0.717) is 0 Å². The van der Waals surface area contributed by atoms with E-state index in [4.69, 9.17) is 0 Å². The number of hydrogen-bond donors (Lipinski definition) is 0. The van der Waals surface area contributed by atoms with Crippen molar-refractivity contribution in [2.24, 2.45) is 0 Å². The van der Waals surface area contributed by atoms with Gasteiger partial charge >= 0.3 is 17.8 Å². The molecule has 1 saturated carbocycles. The molecule has 0 heterocycles. The predicted octanol–water partition coefficient (Wildman–Crippen LogP) is 2.63. The highest BCUT2D eigenvalue weighted by atomic mass is 19.3. The molecule has 0 aromatic rings. The summed E-state index contributed by atoms with van der Waals surface area (Å²) >= 11 is 0. The highest BCUT2D eigenvalue weighted by molar-refractivity contribution is 5.08. The third kappa shape index (κ3) is 0.847. The number of halogens is 7. The zero-order chi connectivity index (χ0) is 9.78. The fourth-order valence-electron chi connectivity index (χ4n) is 0.922. The number of rotatable bonds is 0. The van der Waals surface area contributed by atoms with Crippen molar-refractivity contribution in [1.29, 1.82) is 0 Å². The van der Waals surface area contributed by atoms with Gasteiger partial charge in [0.15, 0.2) is 6.17 Å². The molecule has 1 rings (SSSR count). The molecular formula is C5H3F7. The summed E-state index contributed by atoms with van der Waals surface area (Å²) in [6.07, 6.45) is -5.62. The molecule has 0 radical (unpaired) electrons. The van der Waals surface area contributed by atoms with Gasteiger partial charge in [-0.3, -0.25) is 0 Å². The van der Waals surface area contributed by atoms with Gasteiger partial charge in [0, 0.05) is 0 Å². The zero-order valence-corrected chi connectivity index (χ0v) is 5.43. The first-order valence-corrected chi connectivity index (χ1v) is 2.90. The van der Waals surface area contributed by atoms with Gasteiger partial charge in [0.05, 0.1) is 6.42 Å². The van der Waals surface area contributed by atoms with Gasteiger partial charge in [0.2, 0.25) is 0 Å². The van der Waals surface area contributed by atoms with E-state index in [1.165, 1.54) is 0 Å². The average Bonchev–Trinajstić information content (AvgIpc) is 1.92. The standard InChI is InChI=1S/C5H3F7/c6-2-1-3(7,8)5(11,12)4(2,9)10/h2H,1H2/t2-/m0/s1. The summed E-state index contributed by atoms with van der Waals surface area (Å²) in [5.41, 5.74) is 0. The summed E-state index contributed by atoms with van der Waals surface area (Å²) in [6, 6.07) is 0. The van der Waals surface area contributed by atoms with E-state index in [1.807, 2.05) is 0 Å². The lowest BCUT2D eigenvalue weighted by atomic mass is 10.2. The highest BCUT2D eigenvalue weighted by Gasteiger charge is 2.81. The molecule has 0 aromatic carbocycles. The van der Waals surface area contributed by atoms with Crippen LogP contribution >= 0.6 is 0 Å². The molecule has 0 aliphatic heterocycles. The van der Waals surface area contributed by atoms with E-state index in [2.05, 4.69) is 0 Å². The molecule has 1 fully saturated rings. The summed E-state index contributed by atoms with van der Waals surface area (Å²) in [6.45, 7) is 0. The van der Waals surface area contributed by atoms with Crippen LogP contribution in [0.15, 0.2) is 0 Å². The Hall–Kier alpha value is -0.490. The minimum Gasteiger partial charge on any atom is -0.240 e. The number of hydrogen-bond acceptors (Lipinski definition) is 0. The predicted molar refractivity (Wildman–Crippen MR) is 24.4 cm³/mol. The van der Waals surface area contributed by atoms with Crippen LogP contribution in [0.2, 0.25) is 0 Å². The topological polar surface area (TPSA) is 0 Å². The molecule has 0 unspecified atom stereocenters. The smallest absolute Gasteiger partial charge is 0.240 e. The quantitative estimate of drug-likeness (QED) is 0.522. The molecule has 7 heteroatoms. The van der Waals surface area contributed by atoms with Gasteiger partial charge in [-0.15, -0.1) is 0 Å². The molecule has 0 nitrogen and oxygen atoms in total. The number of alkyl halides is 7. The van der Waals surface area contributed by atoms with E-state index >= 15 is 0 Å². The second-order valence-corrected chi connectivity index (χ2v) is 2.57. The minimum atomic E-state index is -5.58. The van der Waals surface area contributed by atoms with Gasteiger partial charge in [-0.25, -0.2) is 4.39 Å². The fraction of sp³-hybridized carbons (Fsp3) is 1.00. The van der Waals surface area contributed by atoms with Crippen LogP contribution in [0.3, 0.4) is 0 Å². The summed E-state index contributed by atoms with van der Waals surface area (Å²) in [7, 11) is 0. The highest BCUT2D eigenvalue weighted by Crippen LogP contribution is 2.57. The van der Waals surface area contributed by atoms with E-state index in [1.54, 1.807) is 0 Å². The van der Waals surface area contributed by atoms with Gasteiger partial charge < -0.3 is 0 Å². The van der Waals surface area contributed by atoms with E-state index in [-0.39, 0.29) is 0 Å². The molecule has 0 saturated heterocycles. The first-order chi connectivity index (χ1) is 5.13. The van der Waals surface area contributed by atoms with Crippen LogP contribution < -0.4 is 0 Å². The van der Waals surface area contributed by atoms with E-state index < -0.39 is 30.4 Å². The minimum absolute atomic E-state index is 2.13. The molecule has 1 aliphatic rings. The molecule has 72 valence electrons. The maximum atomic E-state index is 12.0. The lowest BCUT2D eigenvalue weighted by molar-refractivity contribution is -0.277. The molecule has 1 atom stereocenters. The third-order valence-corrected chi connectivity index (χ3v) is 1.71. The van der Waals surface area contributed by atoms with Crippen LogP contribution in [-0.2, 0) is 0 Å². The van der Waals surface area contributed by atoms with E-state index in [0.717, 1.165) is 0 Å². The van der Waals surface area contributed by atoms with Crippen molar-refractivity contribution in [3.63, 3.8) is 0 Å². The second kappa shape index (κ2) is 2.05. The van der Waals surface area contributed by atoms with Crippen molar-refractivity contribution in [2.45, 2.75) is 30.4 Å². The molecule has 0 spiro atoms. The molecular weight excluding hydrogens is 193 g/mol. The molecule has 0 N–H and O–H groups in total. The van der Waals surface area contributed by atoms with Gasteiger partial charge in [0.1, 0.15) is 0 Å². The van der Waals surface area contributed by atoms with Gasteiger partial charge in [-0.2, -0.15) is 26.3 Å². The zero-order valence-electron chi connectivity index (χ0n) is 5.43. The van der Waals surface area contributed by atoms with Crippen LogP contribution in [0.5, 0.6) is 0 Å². The van der Waals surface area contributed by atoms with Crippen LogP contribution in [0.1, 0.15) is 6.42 Å². The first kappa shape index (κ1) is 9.60. The van der Waals surface area contributed by atoms with E-state index in [9.17, 15) is 30.7 Å². The Balaban J connectivity index is 3.10. The van der Waals surface area contributed by atoms with Crippen LogP contribution in [0, 0.1) is 0 Å². The largest absolute Gasteiger partial charge is 0.375 e. The van der Waals surface area contributed by atoms with Gasteiger partial charge in [0.25, 0.3) is 0 Å². The Bertz CT molecular complexity index is 196. The fourth-order valence-corrected chi connectivity index (χ4v) is 0.922. The van der Waals surface area contributed by atoms with Crippen LogP contribution in [-0.4, -0.2) is 23.9 Å². The van der Waals surface area contributed by atoms with Crippen molar-refractivity contribution in [2.75, 3.05) is 0 Å². The maximum absolute atomic E-state index is 12.0. The van der Waals surface area contributed by atoms with Gasteiger partial charge in [-0.05, 0) is 0 Å². The van der Waals surface area contributed by atoms with Gasteiger partial charge in [-0.1, -0.05) is 0 Å². The maximum Gasteiger partial charge on any atom is 0.375 e. The Morgan fingerprint density at radius 1 is 0.917 bits per heavy atom. The molecule has 0 amide bonds. The Morgan fingerprint density at radius 3 is 1.42 bits per heavy atom. The van der Waals surface area contributed by atoms with Crippen molar-refractivity contribution in [1.82, 2.24) is 0 Å². The summed E-state index contributed by atoms with van der Waals surface area (Å²) in [5.74, 6) is -15.8. The average molecular weight is 196 g/mol. The van der Waals surface area contributed by atoms with Crippen molar-refractivity contribution in [3.8, 4) is 0 Å². The lowest BCUT2D eigenvalue weighted by Crippen LogP contribution is -2.48. The van der Waals surface area contributed by atoms with Crippen molar-refractivity contribution >= 4 is 0 Å². The van der Waals surface area contributed by atoms with Crippen LogP contribution in [0.4, 0.5) is 30.7 Å². The summed E-state index contributed by atoms with van der Waals surface area (Å²) in [4.78, 5) is 0. The normalized spacial score (nSPS) is 36.8. The van der Waals surface area contributed by atoms with Crippen molar-refractivity contribution < 1.29 is 30.7 Å². The summed E-state index contributed by atoms with van der Waals surface area (Å²) in [5, 5.41) is 0. The van der Waals surface area contributed by atoms with Crippen LogP contribution in [0.25, 0.3) is 0 Å². The first-order valence-electron chi connectivity index (χ1n) is 2.90. The molecule has 12 heavy (non-hydrogen) atoms.